The maximum absolute atomic E-state index is 11.4. The molecule has 0 aliphatic heterocycles. The first-order valence-electron chi connectivity index (χ1n) is 19.5. The fraction of sp³-hybridized carbons (Fsp3) is 0.235. The Balaban J connectivity index is 1.38. The number of benzene rings is 5. The molecule has 0 atom stereocenters. The van der Waals surface area contributed by atoms with Crippen molar-refractivity contribution in [3.05, 3.63) is 151 Å². The first-order valence-corrected chi connectivity index (χ1v) is 19.5. The van der Waals surface area contributed by atoms with Crippen molar-refractivity contribution in [1.82, 2.24) is 19.5 Å². The quantitative estimate of drug-likeness (QED) is 0.191. The second-order valence-electron chi connectivity index (χ2n) is 18.1. The molecule has 0 unspecified atom stereocenters. The van der Waals surface area contributed by atoms with E-state index in [1.165, 1.54) is 22.1 Å². The van der Waals surface area contributed by atoms with Crippen LogP contribution in [0.3, 0.4) is 0 Å². The Morgan fingerprint density at radius 2 is 1.20 bits per heavy atom. The smallest absolute Gasteiger partial charge is 0.145 e. The molecule has 0 radical (unpaired) electrons. The Hall–Kier alpha value is -6.07. The van der Waals surface area contributed by atoms with E-state index in [9.17, 15) is 5.11 Å². The SMILES string of the molecule is CC(C)(C)c1ccc(-n2c(-c3cccc(-c4cc(C(C)(C)C)cc5c(C(C)(C)C)ccnc45)c3)nc3c(-c4cc(-c5ccncc5)ccc4O)cccc32)cc1. The normalized spacial score (nSPS) is 12.4. The highest BCUT2D eigenvalue weighted by Crippen LogP contribution is 2.42. The van der Waals surface area contributed by atoms with Crippen LogP contribution in [0.2, 0.25) is 0 Å². The number of pyridine rings is 2. The van der Waals surface area contributed by atoms with Crippen LogP contribution in [0.25, 0.3) is 72.4 Å². The molecule has 8 aromatic rings. The molecule has 0 saturated carbocycles. The highest BCUT2D eigenvalue weighted by molar-refractivity contribution is 5.99. The Labute approximate surface area is 330 Å². The van der Waals surface area contributed by atoms with Gasteiger partial charge in [-0.25, -0.2) is 4.98 Å². The van der Waals surface area contributed by atoms with Gasteiger partial charge in [-0.15, -0.1) is 0 Å². The van der Waals surface area contributed by atoms with Gasteiger partial charge in [0, 0.05) is 51.9 Å². The van der Waals surface area contributed by atoms with Crippen LogP contribution in [0.5, 0.6) is 5.75 Å². The number of aromatic nitrogens is 4. The summed E-state index contributed by atoms with van der Waals surface area (Å²) < 4.78 is 2.26. The molecule has 0 fully saturated rings. The summed E-state index contributed by atoms with van der Waals surface area (Å²) in [6, 6.07) is 40.4. The summed E-state index contributed by atoms with van der Waals surface area (Å²) in [5, 5.41) is 12.5. The molecular formula is C51H50N4O. The monoisotopic (exact) mass is 734 g/mol. The standard InChI is InChI=1S/C51H50N4O/c1-49(2,3)36-17-19-38(20-18-36)55-44-15-11-14-39(41-29-33(16-21-45(41)56)32-22-25-52-26-23-32)47(44)54-48(55)35-13-10-12-34(28-35)40-30-37(50(4,5)6)31-42-43(51(7,8)9)24-27-53-46(40)42/h10-31,56H,1-9H3. The van der Waals surface area contributed by atoms with Crippen molar-refractivity contribution in [3.63, 3.8) is 0 Å². The lowest BCUT2D eigenvalue weighted by molar-refractivity contribution is 0.477. The molecule has 0 amide bonds. The zero-order chi connectivity index (χ0) is 39.6. The fourth-order valence-corrected chi connectivity index (χ4v) is 7.75. The summed E-state index contributed by atoms with van der Waals surface area (Å²) >= 11 is 0. The van der Waals surface area contributed by atoms with Gasteiger partial charge in [-0.3, -0.25) is 14.5 Å². The van der Waals surface area contributed by atoms with Crippen molar-refractivity contribution in [2.45, 2.75) is 78.6 Å². The van der Waals surface area contributed by atoms with Crippen molar-refractivity contribution in [2.75, 3.05) is 0 Å². The maximum atomic E-state index is 11.4. The van der Waals surface area contributed by atoms with Gasteiger partial charge in [0.2, 0.25) is 0 Å². The van der Waals surface area contributed by atoms with Gasteiger partial charge in [0.25, 0.3) is 0 Å². The molecule has 0 bridgehead atoms. The maximum Gasteiger partial charge on any atom is 0.145 e. The summed E-state index contributed by atoms with van der Waals surface area (Å²) in [4.78, 5) is 14.7. The predicted molar refractivity (Wildman–Crippen MR) is 234 cm³/mol. The summed E-state index contributed by atoms with van der Waals surface area (Å²) in [6.07, 6.45) is 5.53. The van der Waals surface area contributed by atoms with Crippen molar-refractivity contribution < 1.29 is 5.11 Å². The first-order chi connectivity index (χ1) is 26.6. The van der Waals surface area contributed by atoms with Gasteiger partial charge in [0.05, 0.1) is 16.6 Å². The molecule has 0 aliphatic rings. The number of phenolic OH excluding ortho intramolecular Hbond substituents is 1. The number of fused-ring (bicyclic) bond motifs is 2. The van der Waals surface area contributed by atoms with E-state index in [1.54, 1.807) is 18.5 Å². The molecule has 280 valence electrons. The zero-order valence-corrected chi connectivity index (χ0v) is 33.9. The van der Waals surface area contributed by atoms with Crippen molar-refractivity contribution in [2.24, 2.45) is 0 Å². The number of para-hydroxylation sites is 1. The molecule has 3 aromatic heterocycles. The van der Waals surface area contributed by atoms with Gasteiger partial charge in [0.15, 0.2) is 0 Å². The molecule has 0 saturated heterocycles. The minimum atomic E-state index is -0.0601. The first kappa shape index (κ1) is 36.9. The van der Waals surface area contributed by atoms with E-state index < -0.39 is 0 Å². The van der Waals surface area contributed by atoms with Crippen LogP contribution in [-0.2, 0) is 16.2 Å². The lowest BCUT2D eigenvalue weighted by atomic mass is 9.80. The van der Waals surface area contributed by atoms with Gasteiger partial charge < -0.3 is 5.11 Å². The third kappa shape index (κ3) is 6.76. The van der Waals surface area contributed by atoms with Crippen LogP contribution in [0.4, 0.5) is 0 Å². The van der Waals surface area contributed by atoms with E-state index in [0.29, 0.717) is 0 Å². The van der Waals surface area contributed by atoms with Crippen LogP contribution in [0, 0.1) is 0 Å². The minimum Gasteiger partial charge on any atom is -0.507 e. The molecule has 0 spiro atoms. The third-order valence-electron chi connectivity index (χ3n) is 10.9. The van der Waals surface area contributed by atoms with Gasteiger partial charge in [-0.05, 0) is 116 Å². The largest absolute Gasteiger partial charge is 0.507 e. The Kier molecular flexibility index (Phi) is 8.95. The number of hydrogen-bond donors (Lipinski definition) is 1. The molecule has 3 heterocycles. The molecule has 5 heteroatoms. The Morgan fingerprint density at radius 3 is 1.89 bits per heavy atom. The number of nitrogens with zero attached hydrogens (tertiary/aromatic N) is 4. The van der Waals surface area contributed by atoms with Crippen molar-refractivity contribution in [1.29, 1.82) is 0 Å². The van der Waals surface area contributed by atoms with Crippen LogP contribution in [0.15, 0.2) is 134 Å². The van der Waals surface area contributed by atoms with Crippen LogP contribution < -0.4 is 0 Å². The van der Waals surface area contributed by atoms with Gasteiger partial charge in [-0.1, -0.05) is 111 Å². The van der Waals surface area contributed by atoms with Crippen molar-refractivity contribution >= 4 is 21.9 Å². The van der Waals surface area contributed by atoms with E-state index in [0.717, 1.165) is 67.0 Å². The summed E-state index contributed by atoms with van der Waals surface area (Å²) in [6.45, 7) is 20.4. The molecular weight excluding hydrogens is 685 g/mol. The van der Waals surface area contributed by atoms with E-state index in [1.807, 2.05) is 30.5 Å². The second-order valence-corrected chi connectivity index (χ2v) is 18.1. The van der Waals surface area contributed by atoms with Gasteiger partial charge in [0.1, 0.15) is 11.6 Å². The summed E-state index contributed by atoms with van der Waals surface area (Å²) in [7, 11) is 0. The number of phenols is 1. The average Bonchev–Trinajstić information content (AvgIpc) is 3.57. The lowest BCUT2D eigenvalue weighted by Gasteiger charge is -2.25. The number of imidazole rings is 1. The Morgan fingerprint density at radius 1 is 0.500 bits per heavy atom. The molecule has 56 heavy (non-hydrogen) atoms. The van der Waals surface area contributed by atoms with Crippen LogP contribution in [-0.4, -0.2) is 24.6 Å². The van der Waals surface area contributed by atoms with Gasteiger partial charge >= 0.3 is 0 Å². The van der Waals surface area contributed by atoms with Crippen LogP contribution >= 0.6 is 0 Å². The molecule has 8 rings (SSSR count). The van der Waals surface area contributed by atoms with Crippen LogP contribution in [0.1, 0.15) is 79.0 Å². The average molecular weight is 735 g/mol. The van der Waals surface area contributed by atoms with E-state index in [4.69, 9.17) is 9.97 Å². The fourth-order valence-electron chi connectivity index (χ4n) is 7.75. The molecule has 5 nitrogen and oxygen atoms in total. The van der Waals surface area contributed by atoms with E-state index in [-0.39, 0.29) is 22.0 Å². The topological polar surface area (TPSA) is 63.8 Å². The molecule has 1 N–H and O–H groups in total. The summed E-state index contributed by atoms with van der Waals surface area (Å²) in [5.74, 6) is 1.03. The predicted octanol–water partition coefficient (Wildman–Crippen LogP) is 13.2. The minimum absolute atomic E-state index is 0.0164. The highest BCUT2D eigenvalue weighted by Gasteiger charge is 2.25. The zero-order valence-electron chi connectivity index (χ0n) is 33.9. The number of rotatable bonds is 5. The van der Waals surface area contributed by atoms with Gasteiger partial charge in [-0.2, -0.15) is 0 Å². The molecule has 0 aliphatic carbocycles. The summed E-state index contributed by atoms with van der Waals surface area (Å²) in [5.41, 5.74) is 14.3. The van der Waals surface area contributed by atoms with E-state index >= 15 is 0 Å². The van der Waals surface area contributed by atoms with E-state index in [2.05, 4.69) is 157 Å². The van der Waals surface area contributed by atoms with Crippen molar-refractivity contribution in [3.8, 4) is 56.2 Å². The number of aromatic hydroxyl groups is 1. The molecule has 5 aromatic carbocycles. The second kappa shape index (κ2) is 13.6. The number of hydrogen-bond acceptors (Lipinski definition) is 4. The highest BCUT2D eigenvalue weighted by atomic mass is 16.3. The third-order valence-corrected chi connectivity index (χ3v) is 10.9. The lowest BCUT2D eigenvalue weighted by Crippen LogP contribution is -2.15. The Bertz CT molecular complexity index is 2740.